The van der Waals surface area contributed by atoms with Gasteiger partial charge in [0, 0.05) is 18.3 Å². The monoisotopic (exact) mass is 242 g/mol. The average Bonchev–Trinajstić information content (AvgIpc) is 2.87. The Morgan fingerprint density at radius 1 is 1.56 bits per heavy atom. The molecule has 1 amide bonds. The molecule has 0 saturated carbocycles. The SMILES string of the molecule is CC(C)C1(C(=O)NC2CCSC2)CCNC1. The second-order valence-corrected chi connectivity index (χ2v) is 6.42. The molecule has 2 atom stereocenters. The van der Waals surface area contributed by atoms with Gasteiger partial charge in [-0.3, -0.25) is 4.79 Å². The van der Waals surface area contributed by atoms with E-state index in [0.717, 1.165) is 31.7 Å². The van der Waals surface area contributed by atoms with Crippen LogP contribution in [0.4, 0.5) is 0 Å². The highest BCUT2D eigenvalue weighted by molar-refractivity contribution is 7.99. The highest BCUT2D eigenvalue weighted by Crippen LogP contribution is 2.34. The van der Waals surface area contributed by atoms with Gasteiger partial charge in [0.2, 0.25) is 5.91 Å². The van der Waals surface area contributed by atoms with Crippen LogP contribution in [0.1, 0.15) is 26.7 Å². The van der Waals surface area contributed by atoms with Crippen LogP contribution >= 0.6 is 11.8 Å². The molecule has 0 aliphatic carbocycles. The molecule has 2 unspecified atom stereocenters. The Hall–Kier alpha value is -0.220. The molecule has 0 aromatic carbocycles. The van der Waals surface area contributed by atoms with Gasteiger partial charge in [0.25, 0.3) is 0 Å². The number of carbonyl (C=O) groups is 1. The van der Waals surface area contributed by atoms with Crippen molar-refractivity contribution in [3.8, 4) is 0 Å². The number of hydrogen-bond donors (Lipinski definition) is 2. The van der Waals surface area contributed by atoms with Gasteiger partial charge in [0.1, 0.15) is 0 Å². The first kappa shape index (κ1) is 12.2. The van der Waals surface area contributed by atoms with E-state index in [4.69, 9.17) is 0 Å². The zero-order valence-electron chi connectivity index (χ0n) is 10.2. The van der Waals surface area contributed by atoms with E-state index in [9.17, 15) is 4.79 Å². The topological polar surface area (TPSA) is 41.1 Å². The summed E-state index contributed by atoms with van der Waals surface area (Å²) in [6.07, 6.45) is 2.12. The zero-order valence-corrected chi connectivity index (χ0v) is 11.0. The van der Waals surface area contributed by atoms with Crippen LogP contribution in [0.2, 0.25) is 0 Å². The highest BCUT2D eigenvalue weighted by atomic mass is 32.2. The highest BCUT2D eigenvalue weighted by Gasteiger charge is 2.44. The third-order valence-corrected chi connectivity index (χ3v) is 5.17. The number of nitrogens with one attached hydrogen (secondary N) is 2. The first-order chi connectivity index (χ1) is 7.65. The normalized spacial score (nSPS) is 34.6. The zero-order chi connectivity index (χ0) is 11.6. The molecule has 0 bridgehead atoms. The largest absolute Gasteiger partial charge is 0.352 e. The third-order valence-electron chi connectivity index (χ3n) is 4.01. The molecular weight excluding hydrogens is 220 g/mol. The maximum atomic E-state index is 12.4. The van der Waals surface area contributed by atoms with E-state index in [1.807, 2.05) is 11.8 Å². The van der Waals surface area contributed by atoms with E-state index < -0.39 is 0 Å². The Morgan fingerprint density at radius 3 is 2.88 bits per heavy atom. The van der Waals surface area contributed by atoms with Crippen molar-refractivity contribution in [3.05, 3.63) is 0 Å². The summed E-state index contributed by atoms with van der Waals surface area (Å²) >= 11 is 1.94. The molecule has 2 aliphatic heterocycles. The standard InChI is InChI=1S/C12H22N2OS/c1-9(2)12(4-5-13-8-12)11(15)14-10-3-6-16-7-10/h9-10,13H,3-8H2,1-2H3,(H,14,15). The lowest BCUT2D eigenvalue weighted by Crippen LogP contribution is -2.49. The van der Waals surface area contributed by atoms with Crippen molar-refractivity contribution < 1.29 is 4.79 Å². The van der Waals surface area contributed by atoms with Gasteiger partial charge in [-0.25, -0.2) is 0 Å². The van der Waals surface area contributed by atoms with Crippen LogP contribution in [0, 0.1) is 11.3 Å². The molecule has 92 valence electrons. The van der Waals surface area contributed by atoms with Gasteiger partial charge in [-0.2, -0.15) is 11.8 Å². The quantitative estimate of drug-likeness (QED) is 0.782. The van der Waals surface area contributed by atoms with Crippen LogP contribution < -0.4 is 10.6 Å². The molecule has 3 nitrogen and oxygen atoms in total. The second-order valence-electron chi connectivity index (χ2n) is 5.27. The summed E-state index contributed by atoms with van der Waals surface area (Å²) in [5.41, 5.74) is -0.159. The van der Waals surface area contributed by atoms with Crippen LogP contribution in [0.25, 0.3) is 0 Å². The van der Waals surface area contributed by atoms with Gasteiger partial charge in [0.15, 0.2) is 0 Å². The van der Waals surface area contributed by atoms with Gasteiger partial charge >= 0.3 is 0 Å². The van der Waals surface area contributed by atoms with Crippen molar-refractivity contribution in [3.63, 3.8) is 0 Å². The second kappa shape index (κ2) is 4.96. The smallest absolute Gasteiger partial charge is 0.228 e. The predicted molar refractivity (Wildman–Crippen MR) is 68.6 cm³/mol. The van der Waals surface area contributed by atoms with Crippen LogP contribution in [0.3, 0.4) is 0 Å². The minimum atomic E-state index is -0.159. The summed E-state index contributed by atoms with van der Waals surface area (Å²) < 4.78 is 0. The first-order valence-electron chi connectivity index (χ1n) is 6.24. The summed E-state index contributed by atoms with van der Waals surface area (Å²) in [4.78, 5) is 12.4. The fourth-order valence-corrected chi connectivity index (χ4v) is 3.79. The fourth-order valence-electron chi connectivity index (χ4n) is 2.64. The molecule has 2 aliphatic rings. The van der Waals surface area contributed by atoms with Crippen molar-refractivity contribution in [1.82, 2.24) is 10.6 Å². The summed E-state index contributed by atoms with van der Waals surface area (Å²) in [5.74, 6) is 2.97. The van der Waals surface area contributed by atoms with E-state index in [0.29, 0.717) is 12.0 Å². The van der Waals surface area contributed by atoms with Crippen molar-refractivity contribution in [2.45, 2.75) is 32.7 Å². The van der Waals surface area contributed by atoms with E-state index in [1.54, 1.807) is 0 Å². The van der Waals surface area contributed by atoms with Crippen molar-refractivity contribution in [1.29, 1.82) is 0 Å². The average molecular weight is 242 g/mol. The van der Waals surface area contributed by atoms with Gasteiger partial charge in [0.05, 0.1) is 5.41 Å². The number of carbonyl (C=O) groups excluding carboxylic acids is 1. The van der Waals surface area contributed by atoms with Crippen molar-refractivity contribution in [2.24, 2.45) is 11.3 Å². The lowest BCUT2D eigenvalue weighted by molar-refractivity contribution is -0.133. The van der Waals surface area contributed by atoms with Crippen LogP contribution in [-0.4, -0.2) is 36.5 Å². The molecule has 0 aromatic heterocycles. The molecule has 2 N–H and O–H groups in total. The number of thioether (sulfide) groups is 1. The maximum Gasteiger partial charge on any atom is 0.228 e. The molecule has 16 heavy (non-hydrogen) atoms. The lowest BCUT2D eigenvalue weighted by atomic mass is 9.75. The van der Waals surface area contributed by atoms with Gasteiger partial charge in [-0.05, 0) is 31.1 Å². The summed E-state index contributed by atoms with van der Waals surface area (Å²) in [6.45, 7) is 6.15. The minimum absolute atomic E-state index is 0.159. The van der Waals surface area contributed by atoms with Crippen LogP contribution in [0.5, 0.6) is 0 Å². The minimum Gasteiger partial charge on any atom is -0.352 e. The maximum absolute atomic E-state index is 12.4. The molecule has 2 fully saturated rings. The predicted octanol–water partition coefficient (Wildman–Crippen LogP) is 1.24. The van der Waals surface area contributed by atoms with Crippen LogP contribution in [0.15, 0.2) is 0 Å². The molecular formula is C12H22N2OS. The molecule has 2 saturated heterocycles. The van der Waals surface area contributed by atoms with E-state index in [2.05, 4.69) is 24.5 Å². The van der Waals surface area contributed by atoms with E-state index >= 15 is 0 Å². The Kier molecular flexibility index (Phi) is 3.80. The Labute approximate surface area is 102 Å². The number of hydrogen-bond acceptors (Lipinski definition) is 3. The summed E-state index contributed by atoms with van der Waals surface area (Å²) in [5, 5.41) is 6.58. The number of amides is 1. The Bertz CT molecular complexity index is 256. The van der Waals surface area contributed by atoms with E-state index in [-0.39, 0.29) is 11.3 Å². The molecule has 0 radical (unpaired) electrons. The third kappa shape index (κ3) is 2.23. The van der Waals surface area contributed by atoms with Gasteiger partial charge < -0.3 is 10.6 Å². The first-order valence-corrected chi connectivity index (χ1v) is 7.40. The van der Waals surface area contributed by atoms with Gasteiger partial charge in [-0.15, -0.1) is 0 Å². The molecule has 0 aromatic rings. The Morgan fingerprint density at radius 2 is 2.38 bits per heavy atom. The Balaban J connectivity index is 1.99. The van der Waals surface area contributed by atoms with Crippen molar-refractivity contribution in [2.75, 3.05) is 24.6 Å². The van der Waals surface area contributed by atoms with Crippen molar-refractivity contribution >= 4 is 17.7 Å². The molecule has 2 rings (SSSR count). The number of rotatable bonds is 3. The van der Waals surface area contributed by atoms with Gasteiger partial charge in [-0.1, -0.05) is 13.8 Å². The summed E-state index contributed by atoms with van der Waals surface area (Å²) in [6, 6.07) is 0.411. The summed E-state index contributed by atoms with van der Waals surface area (Å²) in [7, 11) is 0. The fraction of sp³-hybridized carbons (Fsp3) is 0.917. The lowest BCUT2D eigenvalue weighted by Gasteiger charge is -2.32. The van der Waals surface area contributed by atoms with Crippen LogP contribution in [-0.2, 0) is 4.79 Å². The molecule has 2 heterocycles. The molecule has 0 spiro atoms. The van der Waals surface area contributed by atoms with E-state index in [1.165, 1.54) is 5.75 Å². The molecule has 4 heteroatoms.